The predicted octanol–water partition coefficient (Wildman–Crippen LogP) is 5.29. The Morgan fingerprint density at radius 2 is 1.81 bits per heavy atom. The second kappa shape index (κ2) is 8.38. The zero-order chi connectivity index (χ0) is 19.4. The average molecular weight is 368 g/mol. The van der Waals surface area contributed by atoms with Crippen molar-refractivity contribution in [3.8, 4) is 23.0 Å². The molecule has 0 saturated heterocycles. The normalized spacial score (nSPS) is 15.4. The van der Waals surface area contributed by atoms with Gasteiger partial charge in [0.25, 0.3) is 0 Å². The summed E-state index contributed by atoms with van der Waals surface area (Å²) in [6.07, 6.45) is 4.80. The minimum absolute atomic E-state index is 0.0152. The molecule has 0 amide bonds. The highest BCUT2D eigenvalue weighted by Gasteiger charge is 2.27. The first-order valence-corrected chi connectivity index (χ1v) is 9.28. The standard InChI is InChI=1S/C23H28O4/c1-15(2)6-11-18-21(25-4)14-22-19(23(18)26-5)12-13-20(27-22)16-7-9-17(24-3)10-8-16/h6-10,14,20H,11-13H2,1-5H3. The summed E-state index contributed by atoms with van der Waals surface area (Å²) in [5.41, 5.74) is 4.62. The van der Waals surface area contributed by atoms with Gasteiger partial charge in [-0.25, -0.2) is 0 Å². The van der Waals surface area contributed by atoms with Crippen molar-refractivity contribution < 1.29 is 18.9 Å². The summed E-state index contributed by atoms with van der Waals surface area (Å²) in [6, 6.07) is 10.1. The molecule has 27 heavy (non-hydrogen) atoms. The third-order valence-corrected chi connectivity index (χ3v) is 4.96. The maximum Gasteiger partial charge on any atom is 0.132 e. The predicted molar refractivity (Wildman–Crippen MR) is 107 cm³/mol. The number of rotatable bonds is 6. The number of hydrogen-bond donors (Lipinski definition) is 0. The number of benzene rings is 2. The summed E-state index contributed by atoms with van der Waals surface area (Å²) >= 11 is 0. The summed E-state index contributed by atoms with van der Waals surface area (Å²) < 4.78 is 23.0. The maximum absolute atomic E-state index is 6.34. The zero-order valence-electron chi connectivity index (χ0n) is 16.8. The van der Waals surface area contributed by atoms with Crippen LogP contribution in [0.3, 0.4) is 0 Å². The van der Waals surface area contributed by atoms with Gasteiger partial charge in [-0.2, -0.15) is 0 Å². The summed E-state index contributed by atoms with van der Waals surface area (Å²) in [6.45, 7) is 4.19. The van der Waals surface area contributed by atoms with Crippen molar-refractivity contribution in [3.05, 3.63) is 58.7 Å². The molecule has 144 valence electrons. The molecule has 1 atom stereocenters. The molecular weight excluding hydrogens is 340 g/mol. The van der Waals surface area contributed by atoms with Crippen LogP contribution in [0.25, 0.3) is 0 Å². The van der Waals surface area contributed by atoms with E-state index in [0.717, 1.165) is 59.0 Å². The first kappa shape index (κ1) is 19.2. The summed E-state index contributed by atoms with van der Waals surface area (Å²) in [5, 5.41) is 0. The van der Waals surface area contributed by atoms with Crippen LogP contribution in [-0.2, 0) is 12.8 Å². The molecule has 0 radical (unpaired) electrons. The molecule has 0 N–H and O–H groups in total. The van der Waals surface area contributed by atoms with Gasteiger partial charge in [0, 0.05) is 17.2 Å². The lowest BCUT2D eigenvalue weighted by atomic mass is 9.93. The Morgan fingerprint density at radius 3 is 2.41 bits per heavy atom. The van der Waals surface area contributed by atoms with Crippen molar-refractivity contribution in [3.63, 3.8) is 0 Å². The van der Waals surface area contributed by atoms with E-state index in [4.69, 9.17) is 18.9 Å². The van der Waals surface area contributed by atoms with E-state index < -0.39 is 0 Å². The number of allylic oxidation sites excluding steroid dienone is 2. The Kier molecular flexibility index (Phi) is 5.94. The van der Waals surface area contributed by atoms with E-state index >= 15 is 0 Å². The van der Waals surface area contributed by atoms with Crippen LogP contribution < -0.4 is 18.9 Å². The van der Waals surface area contributed by atoms with E-state index in [1.165, 1.54) is 5.57 Å². The molecule has 0 bridgehead atoms. The maximum atomic E-state index is 6.34. The number of hydrogen-bond acceptors (Lipinski definition) is 4. The third-order valence-electron chi connectivity index (χ3n) is 4.96. The zero-order valence-corrected chi connectivity index (χ0v) is 16.8. The van der Waals surface area contributed by atoms with Crippen molar-refractivity contribution in [2.45, 2.75) is 39.2 Å². The van der Waals surface area contributed by atoms with E-state index in [0.29, 0.717) is 0 Å². The summed E-state index contributed by atoms with van der Waals surface area (Å²) in [7, 11) is 5.08. The van der Waals surface area contributed by atoms with Crippen LogP contribution in [0.5, 0.6) is 23.0 Å². The third kappa shape index (κ3) is 4.05. The van der Waals surface area contributed by atoms with E-state index in [2.05, 4.69) is 32.1 Å². The van der Waals surface area contributed by atoms with E-state index in [1.54, 1.807) is 21.3 Å². The topological polar surface area (TPSA) is 36.9 Å². The van der Waals surface area contributed by atoms with Crippen molar-refractivity contribution >= 4 is 0 Å². The Hall–Kier alpha value is -2.62. The molecule has 1 unspecified atom stereocenters. The van der Waals surface area contributed by atoms with E-state index in [1.807, 2.05) is 18.2 Å². The summed E-state index contributed by atoms with van der Waals surface area (Å²) in [4.78, 5) is 0. The second-order valence-electron chi connectivity index (χ2n) is 6.97. The molecule has 0 spiro atoms. The lowest BCUT2D eigenvalue weighted by molar-refractivity contribution is 0.173. The average Bonchev–Trinajstić information content (AvgIpc) is 2.70. The highest BCUT2D eigenvalue weighted by atomic mass is 16.5. The van der Waals surface area contributed by atoms with Gasteiger partial charge in [0.05, 0.1) is 21.3 Å². The molecule has 4 nitrogen and oxygen atoms in total. The SMILES string of the molecule is COc1ccc(C2CCc3c(cc(OC)c(CC=C(C)C)c3OC)O2)cc1. The monoisotopic (exact) mass is 368 g/mol. The van der Waals surface area contributed by atoms with Crippen LogP contribution in [0.4, 0.5) is 0 Å². The molecule has 0 fully saturated rings. The van der Waals surface area contributed by atoms with Crippen LogP contribution in [0.15, 0.2) is 42.0 Å². The van der Waals surface area contributed by atoms with Crippen molar-refractivity contribution in [2.24, 2.45) is 0 Å². The van der Waals surface area contributed by atoms with Gasteiger partial charge in [-0.3, -0.25) is 0 Å². The lowest BCUT2D eigenvalue weighted by Gasteiger charge is -2.29. The molecular formula is C23H28O4. The smallest absolute Gasteiger partial charge is 0.132 e. The quantitative estimate of drug-likeness (QED) is 0.650. The van der Waals surface area contributed by atoms with Crippen LogP contribution in [0.2, 0.25) is 0 Å². The Bertz CT molecular complexity index is 817. The van der Waals surface area contributed by atoms with Gasteiger partial charge in [-0.1, -0.05) is 23.8 Å². The fraction of sp³-hybridized carbons (Fsp3) is 0.391. The molecule has 0 aromatic heterocycles. The van der Waals surface area contributed by atoms with Crippen LogP contribution in [0, 0.1) is 0 Å². The lowest BCUT2D eigenvalue weighted by Crippen LogP contribution is -2.17. The highest BCUT2D eigenvalue weighted by Crippen LogP contribution is 2.45. The number of ether oxygens (including phenoxy) is 4. The fourth-order valence-electron chi connectivity index (χ4n) is 3.51. The molecule has 0 aliphatic carbocycles. The molecule has 4 heteroatoms. The molecule has 1 aliphatic rings. The highest BCUT2D eigenvalue weighted by molar-refractivity contribution is 5.59. The van der Waals surface area contributed by atoms with Gasteiger partial charge in [0.1, 0.15) is 29.1 Å². The van der Waals surface area contributed by atoms with E-state index in [9.17, 15) is 0 Å². The molecule has 3 rings (SSSR count). The van der Waals surface area contributed by atoms with Gasteiger partial charge >= 0.3 is 0 Å². The molecule has 2 aromatic carbocycles. The second-order valence-corrected chi connectivity index (χ2v) is 6.97. The van der Waals surface area contributed by atoms with E-state index in [-0.39, 0.29) is 6.10 Å². The largest absolute Gasteiger partial charge is 0.497 e. The number of fused-ring (bicyclic) bond motifs is 1. The Morgan fingerprint density at radius 1 is 1.07 bits per heavy atom. The van der Waals surface area contributed by atoms with Gasteiger partial charge in [-0.15, -0.1) is 0 Å². The summed E-state index contributed by atoms with van der Waals surface area (Å²) in [5.74, 6) is 3.38. The first-order valence-electron chi connectivity index (χ1n) is 9.28. The molecule has 0 saturated carbocycles. The van der Waals surface area contributed by atoms with Crippen molar-refractivity contribution in [1.29, 1.82) is 0 Å². The van der Waals surface area contributed by atoms with Gasteiger partial charge in [0.2, 0.25) is 0 Å². The van der Waals surface area contributed by atoms with Gasteiger partial charge in [-0.05, 0) is 50.8 Å². The van der Waals surface area contributed by atoms with Crippen LogP contribution in [-0.4, -0.2) is 21.3 Å². The van der Waals surface area contributed by atoms with Crippen molar-refractivity contribution in [1.82, 2.24) is 0 Å². The van der Waals surface area contributed by atoms with Crippen LogP contribution in [0.1, 0.15) is 43.1 Å². The number of methoxy groups -OCH3 is 3. The fourth-order valence-corrected chi connectivity index (χ4v) is 3.51. The minimum Gasteiger partial charge on any atom is -0.497 e. The van der Waals surface area contributed by atoms with Crippen LogP contribution >= 0.6 is 0 Å². The molecule has 1 heterocycles. The molecule has 1 aliphatic heterocycles. The Balaban J connectivity index is 1.95. The van der Waals surface area contributed by atoms with Gasteiger partial charge in [0.15, 0.2) is 0 Å². The molecule has 2 aromatic rings. The van der Waals surface area contributed by atoms with Gasteiger partial charge < -0.3 is 18.9 Å². The van der Waals surface area contributed by atoms with Crippen molar-refractivity contribution in [2.75, 3.05) is 21.3 Å². The first-order chi connectivity index (χ1) is 13.1. The minimum atomic E-state index is 0.0152. The Labute approximate surface area is 161 Å².